The number of aryl methyl sites for hydroxylation is 1. The summed E-state index contributed by atoms with van der Waals surface area (Å²) in [6.07, 6.45) is 16.1. The number of carbonyl (C=O) groups is 1. The number of benzene rings is 2. The topological polar surface area (TPSA) is 35.5 Å². The van der Waals surface area contributed by atoms with E-state index in [1.54, 1.807) is 0 Å². The van der Waals surface area contributed by atoms with Crippen molar-refractivity contribution in [3.8, 4) is 5.75 Å². The van der Waals surface area contributed by atoms with Crippen LogP contribution in [0.5, 0.6) is 5.75 Å². The molecule has 0 heterocycles. The lowest BCUT2D eigenvalue weighted by molar-refractivity contribution is -0.904. The lowest BCUT2D eigenvalue weighted by Gasteiger charge is -2.30. The Balaban J connectivity index is 1.66. The molecule has 40 heavy (non-hydrogen) atoms. The number of hydrogen-bond acceptors (Lipinski definition) is 3. The number of rotatable bonds is 22. The van der Waals surface area contributed by atoms with Gasteiger partial charge in [0.05, 0.1) is 26.6 Å². The zero-order valence-electron chi connectivity index (χ0n) is 26.3. The summed E-state index contributed by atoms with van der Waals surface area (Å²) in [6, 6.07) is 19.0. The Morgan fingerprint density at radius 2 is 1.43 bits per heavy atom. The Morgan fingerprint density at radius 1 is 0.800 bits per heavy atom. The van der Waals surface area contributed by atoms with Gasteiger partial charge in [-0.3, -0.25) is 4.79 Å². The van der Waals surface area contributed by atoms with Crippen molar-refractivity contribution in [3.05, 3.63) is 65.7 Å². The first-order valence-electron chi connectivity index (χ1n) is 16.1. The third-order valence-electron chi connectivity index (χ3n) is 7.91. The third kappa shape index (κ3) is 14.9. The van der Waals surface area contributed by atoms with E-state index in [0.717, 1.165) is 42.6 Å². The molecule has 0 radical (unpaired) electrons. The van der Waals surface area contributed by atoms with Crippen molar-refractivity contribution in [1.82, 2.24) is 0 Å². The third-order valence-corrected chi connectivity index (χ3v) is 7.91. The first-order valence-corrected chi connectivity index (χ1v) is 16.1. The minimum absolute atomic E-state index is 0.128. The highest BCUT2D eigenvalue weighted by Gasteiger charge is 2.22. The van der Waals surface area contributed by atoms with Crippen molar-refractivity contribution < 1.29 is 18.8 Å². The van der Waals surface area contributed by atoms with Crippen LogP contribution >= 0.6 is 0 Å². The van der Waals surface area contributed by atoms with Gasteiger partial charge >= 0.3 is 5.97 Å². The van der Waals surface area contributed by atoms with Gasteiger partial charge in [0.1, 0.15) is 25.0 Å². The minimum Gasteiger partial charge on any atom is -0.487 e. The molecular weight excluding hydrogens is 494 g/mol. The summed E-state index contributed by atoms with van der Waals surface area (Å²) >= 11 is 0. The van der Waals surface area contributed by atoms with Crippen molar-refractivity contribution in [2.24, 2.45) is 5.92 Å². The first-order chi connectivity index (χ1) is 19.3. The predicted molar refractivity (Wildman–Crippen MR) is 169 cm³/mol. The summed E-state index contributed by atoms with van der Waals surface area (Å²) < 4.78 is 12.8. The Hall–Kier alpha value is -2.33. The zero-order valence-corrected chi connectivity index (χ0v) is 26.3. The van der Waals surface area contributed by atoms with Crippen LogP contribution in [0.15, 0.2) is 54.6 Å². The second-order valence-corrected chi connectivity index (χ2v) is 12.4. The first kappa shape index (κ1) is 33.9. The fraction of sp³-hybridized carbons (Fsp3) is 0.639. The molecule has 0 aliphatic heterocycles. The fourth-order valence-electron chi connectivity index (χ4n) is 5.15. The smallest absolute Gasteiger partial charge is 0.309 e. The Morgan fingerprint density at radius 3 is 2.08 bits per heavy atom. The van der Waals surface area contributed by atoms with Crippen LogP contribution in [0.4, 0.5) is 0 Å². The monoisotopic (exact) mass is 552 g/mol. The largest absolute Gasteiger partial charge is 0.487 e. The van der Waals surface area contributed by atoms with Crippen LogP contribution < -0.4 is 4.74 Å². The molecule has 0 aliphatic carbocycles. The molecule has 2 aromatic rings. The average molecular weight is 553 g/mol. The van der Waals surface area contributed by atoms with Gasteiger partial charge in [-0.25, -0.2) is 0 Å². The lowest BCUT2D eigenvalue weighted by Crippen LogP contribution is -2.40. The van der Waals surface area contributed by atoms with Crippen LogP contribution in [-0.2, 0) is 22.5 Å². The highest BCUT2D eigenvalue weighted by Crippen LogP contribution is 2.20. The van der Waals surface area contributed by atoms with Crippen LogP contribution in [0.3, 0.4) is 0 Å². The number of unbranched alkanes of at least 4 members (excludes halogenated alkanes) is 9. The minimum atomic E-state index is -0.131. The van der Waals surface area contributed by atoms with E-state index < -0.39 is 0 Å². The van der Waals surface area contributed by atoms with Gasteiger partial charge in [-0.1, -0.05) is 121 Å². The molecule has 2 atom stereocenters. The maximum absolute atomic E-state index is 12.7. The Labute approximate surface area is 246 Å². The maximum Gasteiger partial charge on any atom is 0.309 e. The maximum atomic E-state index is 12.7. The average Bonchev–Trinajstić information content (AvgIpc) is 2.95. The molecule has 4 heteroatoms. The Bertz CT molecular complexity index is 927. The van der Waals surface area contributed by atoms with E-state index in [1.807, 2.05) is 19.1 Å². The Kier molecular flexibility index (Phi) is 16.7. The molecule has 0 N–H and O–H groups in total. The summed E-state index contributed by atoms with van der Waals surface area (Å²) in [4.78, 5) is 12.7. The SMILES string of the molecule is CCCCCCCCCCCCc1cccc(OC(CC)COC(=O)C(C)CC[N+](C)(C)Cc2ccccc2)c1. The molecule has 0 bridgehead atoms. The van der Waals surface area contributed by atoms with Crippen molar-refractivity contribution in [3.63, 3.8) is 0 Å². The molecule has 0 aliphatic rings. The predicted octanol–water partition coefficient (Wildman–Crippen LogP) is 9.15. The van der Waals surface area contributed by atoms with E-state index in [9.17, 15) is 4.79 Å². The molecule has 0 saturated carbocycles. The molecule has 0 fully saturated rings. The van der Waals surface area contributed by atoms with Crippen LogP contribution in [-0.4, -0.2) is 43.8 Å². The molecule has 0 saturated heterocycles. The van der Waals surface area contributed by atoms with Crippen LogP contribution in [0.25, 0.3) is 0 Å². The number of carbonyl (C=O) groups excluding carboxylic acids is 1. The van der Waals surface area contributed by atoms with Gasteiger partial charge in [-0.2, -0.15) is 0 Å². The summed E-state index contributed by atoms with van der Waals surface area (Å²) in [5.74, 6) is 0.618. The molecule has 2 aromatic carbocycles. The summed E-state index contributed by atoms with van der Waals surface area (Å²) in [5.41, 5.74) is 2.65. The van der Waals surface area contributed by atoms with E-state index in [1.165, 1.54) is 75.3 Å². The van der Waals surface area contributed by atoms with Gasteiger partial charge < -0.3 is 14.0 Å². The van der Waals surface area contributed by atoms with Crippen LogP contribution in [0.2, 0.25) is 0 Å². The van der Waals surface area contributed by atoms with E-state index >= 15 is 0 Å². The second-order valence-electron chi connectivity index (χ2n) is 12.4. The number of ether oxygens (including phenoxy) is 2. The number of hydrogen-bond donors (Lipinski definition) is 0. The van der Waals surface area contributed by atoms with Crippen molar-refractivity contribution in [2.45, 2.75) is 117 Å². The van der Waals surface area contributed by atoms with Crippen LogP contribution in [0, 0.1) is 5.92 Å². The number of esters is 1. The summed E-state index contributed by atoms with van der Waals surface area (Å²) in [6.45, 7) is 8.50. The van der Waals surface area contributed by atoms with Crippen molar-refractivity contribution >= 4 is 5.97 Å². The highest BCUT2D eigenvalue weighted by molar-refractivity contribution is 5.71. The molecule has 2 unspecified atom stereocenters. The van der Waals surface area contributed by atoms with Gasteiger partial charge in [0.25, 0.3) is 0 Å². The number of quaternary nitrogens is 1. The van der Waals surface area contributed by atoms with Gasteiger partial charge in [0.15, 0.2) is 0 Å². The normalized spacial score (nSPS) is 13.1. The van der Waals surface area contributed by atoms with E-state index in [0.29, 0.717) is 6.61 Å². The molecule has 0 aromatic heterocycles. The van der Waals surface area contributed by atoms with Crippen LogP contribution in [0.1, 0.15) is 109 Å². The molecule has 224 valence electrons. The summed E-state index contributed by atoms with van der Waals surface area (Å²) in [5, 5.41) is 0. The van der Waals surface area contributed by atoms with Crippen molar-refractivity contribution in [2.75, 3.05) is 27.2 Å². The molecule has 0 amide bonds. The molecular formula is C36H58NO3+. The van der Waals surface area contributed by atoms with E-state index in [-0.39, 0.29) is 18.0 Å². The highest BCUT2D eigenvalue weighted by atomic mass is 16.6. The van der Waals surface area contributed by atoms with E-state index in [4.69, 9.17) is 9.47 Å². The zero-order chi connectivity index (χ0) is 29.1. The molecule has 0 spiro atoms. The fourth-order valence-corrected chi connectivity index (χ4v) is 5.15. The van der Waals surface area contributed by atoms with Gasteiger partial charge in [-0.15, -0.1) is 0 Å². The lowest BCUT2D eigenvalue weighted by atomic mass is 10.0. The second kappa shape index (κ2) is 19.7. The van der Waals surface area contributed by atoms with Gasteiger partial charge in [0.2, 0.25) is 0 Å². The number of nitrogens with zero attached hydrogens (tertiary/aromatic N) is 1. The molecule has 4 nitrogen and oxygen atoms in total. The summed E-state index contributed by atoms with van der Waals surface area (Å²) in [7, 11) is 4.44. The quantitative estimate of drug-likeness (QED) is 0.0830. The van der Waals surface area contributed by atoms with Crippen molar-refractivity contribution in [1.29, 1.82) is 0 Å². The standard InChI is InChI=1S/C36H58NO3/c1-6-8-9-10-11-12-13-14-15-17-21-32-24-20-25-35(28-32)40-34(7-2)30-39-36(38)31(3)26-27-37(4,5)29-33-22-18-16-19-23-33/h16,18-20,22-25,28,31,34H,6-15,17,21,26-27,29-30H2,1-5H3/q+1. The van der Waals surface area contributed by atoms with Gasteiger partial charge in [-0.05, 0) is 37.0 Å². The van der Waals surface area contributed by atoms with Gasteiger partial charge in [0, 0.05) is 12.0 Å². The molecule has 2 rings (SSSR count). The van der Waals surface area contributed by atoms with E-state index in [2.05, 4.69) is 70.4 Å².